The van der Waals surface area contributed by atoms with Crippen LogP contribution in [0.4, 0.5) is 14.4 Å². The van der Waals surface area contributed by atoms with Gasteiger partial charge in [0.15, 0.2) is 11.5 Å². The van der Waals surface area contributed by atoms with E-state index in [1.54, 1.807) is 41.5 Å². The number of hydrogen-bond acceptors (Lipinski definition) is 11. The zero-order valence-corrected chi connectivity index (χ0v) is 24.1. The van der Waals surface area contributed by atoms with Gasteiger partial charge in [-0.2, -0.15) is 0 Å². The van der Waals surface area contributed by atoms with Crippen LogP contribution in [0, 0.1) is 5.92 Å². The van der Waals surface area contributed by atoms with Crippen molar-refractivity contribution in [2.45, 2.75) is 105 Å². The van der Waals surface area contributed by atoms with E-state index >= 15 is 0 Å². The normalized spacial score (nSPS) is 14.6. The maximum absolute atomic E-state index is 12.3. The molecule has 0 aliphatic heterocycles. The van der Waals surface area contributed by atoms with E-state index in [2.05, 4.69) is 0 Å². The van der Waals surface area contributed by atoms with Gasteiger partial charge in [-0.3, -0.25) is 4.79 Å². The number of benzene rings is 1. The van der Waals surface area contributed by atoms with Gasteiger partial charge in [-0.25, -0.2) is 14.4 Å². The number of carbonyl (C=O) groups excluding carboxylic acids is 3. The number of aliphatic carboxylic acids is 1. The van der Waals surface area contributed by atoms with Crippen molar-refractivity contribution in [3.05, 3.63) is 23.8 Å². The molecule has 39 heavy (non-hydrogen) atoms. The number of hydrogen-bond donors (Lipinski definition) is 2. The molecule has 3 N–H and O–H groups in total. The van der Waals surface area contributed by atoms with E-state index in [0.717, 1.165) is 0 Å². The lowest BCUT2D eigenvalue weighted by molar-refractivity contribution is -0.148. The highest BCUT2D eigenvalue weighted by Crippen LogP contribution is 2.33. The monoisotopic (exact) mass is 555 g/mol. The van der Waals surface area contributed by atoms with Crippen LogP contribution in [-0.4, -0.2) is 59.0 Å². The van der Waals surface area contributed by atoms with Gasteiger partial charge in [0, 0.05) is 12.3 Å². The molecule has 0 radical (unpaired) electrons. The topological polar surface area (TPSA) is 170 Å². The highest BCUT2D eigenvalue weighted by atomic mass is 16.8. The first-order chi connectivity index (χ1) is 17.9. The molecule has 0 spiro atoms. The molecule has 0 saturated heterocycles. The number of ether oxygens (including phenoxy) is 6. The Hall–Kier alpha value is -3.54. The molecule has 0 aliphatic rings. The summed E-state index contributed by atoms with van der Waals surface area (Å²) >= 11 is 0. The maximum atomic E-state index is 12.3. The van der Waals surface area contributed by atoms with Crippen LogP contribution in [0.5, 0.6) is 11.5 Å². The molecule has 0 aliphatic carbocycles. The van der Waals surface area contributed by atoms with Gasteiger partial charge in [-0.1, -0.05) is 19.9 Å². The third kappa shape index (κ3) is 10.6. The van der Waals surface area contributed by atoms with Gasteiger partial charge in [0.05, 0.1) is 12.2 Å². The van der Waals surface area contributed by atoms with Crippen molar-refractivity contribution in [1.29, 1.82) is 0 Å². The molecule has 1 rings (SSSR count). The zero-order valence-electron chi connectivity index (χ0n) is 24.1. The van der Waals surface area contributed by atoms with E-state index in [1.165, 1.54) is 32.0 Å². The van der Waals surface area contributed by atoms with E-state index in [-0.39, 0.29) is 17.9 Å². The number of carboxylic acids is 1. The summed E-state index contributed by atoms with van der Waals surface area (Å²) in [5, 5.41) is 10.1. The fourth-order valence-corrected chi connectivity index (χ4v) is 3.20. The molecule has 12 nitrogen and oxygen atoms in total. The Bertz CT molecular complexity index is 1020. The molecule has 3 atom stereocenters. The second kappa shape index (κ2) is 14.0. The number of carboxylic acid groups (broad SMARTS) is 1. The third-order valence-corrected chi connectivity index (χ3v) is 5.96. The first-order valence-corrected chi connectivity index (χ1v) is 12.7. The molecule has 0 aromatic heterocycles. The van der Waals surface area contributed by atoms with Gasteiger partial charge < -0.3 is 39.3 Å². The first kappa shape index (κ1) is 33.5. The van der Waals surface area contributed by atoms with Gasteiger partial charge in [0.2, 0.25) is 0 Å². The van der Waals surface area contributed by atoms with Crippen LogP contribution < -0.4 is 15.2 Å². The van der Waals surface area contributed by atoms with Crippen LogP contribution in [0.25, 0.3) is 0 Å². The minimum Gasteiger partial charge on any atom is -0.480 e. The summed E-state index contributed by atoms with van der Waals surface area (Å²) < 4.78 is 31.0. The molecule has 0 unspecified atom stereocenters. The predicted molar refractivity (Wildman–Crippen MR) is 140 cm³/mol. The highest BCUT2D eigenvalue weighted by Gasteiger charge is 2.44. The SMILES string of the molecule is CCC(C)(C)OC(=O)O[C@@H](C)[C@@H](C)[C@](N)(Cc1ccc(OC(=O)OC(C)C)c(OC(=O)OC(C)C)c1)C(=O)O. The quantitative estimate of drug-likeness (QED) is 0.196. The Labute approximate surface area is 229 Å². The Morgan fingerprint density at radius 3 is 1.82 bits per heavy atom. The van der Waals surface area contributed by atoms with E-state index < -0.39 is 59.8 Å². The van der Waals surface area contributed by atoms with E-state index in [0.29, 0.717) is 12.0 Å². The van der Waals surface area contributed by atoms with Crippen molar-refractivity contribution in [1.82, 2.24) is 0 Å². The standard InChI is InChI=1S/C27H41NO11/c1-10-26(8,9)39-25(33)36-18(7)17(6)27(28,22(29)30)14-19-11-12-20(37-23(31)34-15(2)3)21(13-19)38-24(32)35-16(4)5/h11-13,15-18H,10,14,28H2,1-9H3,(H,29,30)/t17-,18+,27-/m1/s1. The number of carbonyl (C=O) groups is 4. The highest BCUT2D eigenvalue weighted by molar-refractivity contribution is 5.80. The summed E-state index contributed by atoms with van der Waals surface area (Å²) in [5.41, 5.74) is 4.01. The second-order valence-corrected chi connectivity index (χ2v) is 10.4. The van der Waals surface area contributed by atoms with Crippen LogP contribution in [-0.2, 0) is 30.2 Å². The predicted octanol–water partition coefficient (Wildman–Crippen LogP) is 5.23. The van der Waals surface area contributed by atoms with Gasteiger partial charge >= 0.3 is 24.4 Å². The molecule has 1 aromatic rings. The van der Waals surface area contributed by atoms with Crippen molar-refractivity contribution in [3.8, 4) is 11.5 Å². The molecule has 1 aromatic carbocycles. The zero-order chi connectivity index (χ0) is 30.1. The molecule has 12 heteroatoms. The van der Waals surface area contributed by atoms with Gasteiger partial charge in [-0.05, 0) is 72.6 Å². The Morgan fingerprint density at radius 1 is 0.846 bits per heavy atom. The molecule has 0 saturated carbocycles. The fraction of sp³-hybridized carbons (Fsp3) is 0.630. The molecule has 0 heterocycles. The van der Waals surface area contributed by atoms with E-state index in [9.17, 15) is 24.3 Å². The number of rotatable bonds is 12. The minimum absolute atomic E-state index is 0.158. The summed E-state index contributed by atoms with van der Waals surface area (Å²) in [6, 6.07) is 4.08. The van der Waals surface area contributed by atoms with Gasteiger partial charge in [0.25, 0.3) is 0 Å². The van der Waals surface area contributed by atoms with E-state index in [1.807, 2.05) is 6.92 Å². The first-order valence-electron chi connectivity index (χ1n) is 12.7. The van der Waals surface area contributed by atoms with Gasteiger partial charge in [-0.15, -0.1) is 0 Å². The summed E-state index contributed by atoms with van der Waals surface area (Å²) in [5.74, 6) is -2.61. The second-order valence-electron chi connectivity index (χ2n) is 10.4. The smallest absolute Gasteiger partial charge is 0.480 e. The molecule has 0 fully saturated rings. The Morgan fingerprint density at radius 2 is 1.36 bits per heavy atom. The lowest BCUT2D eigenvalue weighted by Crippen LogP contribution is -2.58. The molecule has 0 amide bonds. The summed E-state index contributed by atoms with van der Waals surface area (Å²) in [7, 11) is 0. The lowest BCUT2D eigenvalue weighted by atomic mass is 9.78. The summed E-state index contributed by atoms with van der Waals surface area (Å²) in [4.78, 5) is 48.8. The average Bonchev–Trinajstić information content (AvgIpc) is 2.78. The van der Waals surface area contributed by atoms with Crippen LogP contribution >= 0.6 is 0 Å². The largest absolute Gasteiger partial charge is 0.514 e. The van der Waals surface area contributed by atoms with E-state index in [4.69, 9.17) is 34.2 Å². The maximum Gasteiger partial charge on any atom is 0.514 e. The van der Waals surface area contributed by atoms with Gasteiger partial charge in [0.1, 0.15) is 17.2 Å². The lowest BCUT2D eigenvalue weighted by Gasteiger charge is -2.35. The van der Waals surface area contributed by atoms with Crippen LogP contribution in [0.15, 0.2) is 18.2 Å². The van der Waals surface area contributed by atoms with Crippen LogP contribution in [0.2, 0.25) is 0 Å². The van der Waals surface area contributed by atoms with Crippen molar-refractivity contribution >= 4 is 24.4 Å². The Balaban J connectivity index is 3.26. The summed E-state index contributed by atoms with van der Waals surface area (Å²) in [6.45, 7) is 14.8. The molecular formula is C27H41NO11. The molecule has 220 valence electrons. The average molecular weight is 556 g/mol. The Kier molecular flexibility index (Phi) is 12.0. The van der Waals surface area contributed by atoms with Crippen LogP contribution in [0.1, 0.15) is 74.3 Å². The van der Waals surface area contributed by atoms with Crippen molar-refractivity contribution in [2.75, 3.05) is 0 Å². The fourth-order valence-electron chi connectivity index (χ4n) is 3.20. The van der Waals surface area contributed by atoms with Crippen molar-refractivity contribution < 1.29 is 52.7 Å². The van der Waals surface area contributed by atoms with Crippen molar-refractivity contribution in [3.63, 3.8) is 0 Å². The van der Waals surface area contributed by atoms with Crippen molar-refractivity contribution in [2.24, 2.45) is 11.7 Å². The summed E-state index contributed by atoms with van der Waals surface area (Å²) in [6.07, 6.45) is -4.64. The number of nitrogens with two attached hydrogens (primary N) is 1. The van der Waals surface area contributed by atoms with Crippen LogP contribution in [0.3, 0.4) is 0 Å². The molecule has 0 bridgehead atoms. The minimum atomic E-state index is -1.92. The third-order valence-electron chi connectivity index (χ3n) is 5.96. The molecular weight excluding hydrogens is 514 g/mol.